The first kappa shape index (κ1) is 50.0. The van der Waals surface area contributed by atoms with E-state index >= 15 is 0 Å². The molecule has 0 aromatic rings. The number of hydrogen-bond donors (Lipinski definition) is 0. The Hall–Kier alpha value is -1.02. The van der Waals surface area contributed by atoms with Gasteiger partial charge in [-0.25, -0.2) is 0 Å². The van der Waals surface area contributed by atoms with Crippen molar-refractivity contribution < 1.29 is 37.3 Å². The molecular formula is C42H82NO7P. The van der Waals surface area contributed by atoms with Crippen molar-refractivity contribution in [3.8, 4) is 0 Å². The van der Waals surface area contributed by atoms with Gasteiger partial charge in [0.2, 0.25) is 0 Å². The SMILES string of the molecule is CCCCC/C=C\C/C=C\CCCCCCCC(=O)OC(COCCCCCCCCCCCCCCCC)COP(=O)([O-])OCC[N+](C)(C)C. The Bertz CT molecular complexity index is 874. The first-order chi connectivity index (χ1) is 24.6. The molecule has 0 amide bonds. The fraction of sp³-hybridized carbons (Fsp3) is 0.881. The van der Waals surface area contributed by atoms with Gasteiger partial charge in [-0.15, -0.1) is 0 Å². The van der Waals surface area contributed by atoms with Crippen LogP contribution in [0.15, 0.2) is 24.3 Å². The van der Waals surface area contributed by atoms with Crippen molar-refractivity contribution in [1.82, 2.24) is 0 Å². The van der Waals surface area contributed by atoms with Crippen LogP contribution in [0.2, 0.25) is 0 Å². The van der Waals surface area contributed by atoms with E-state index in [4.69, 9.17) is 18.5 Å². The van der Waals surface area contributed by atoms with Crippen molar-refractivity contribution in [3.05, 3.63) is 24.3 Å². The zero-order chi connectivity index (χ0) is 37.7. The first-order valence-electron chi connectivity index (χ1n) is 21.1. The number of hydrogen-bond acceptors (Lipinski definition) is 7. The van der Waals surface area contributed by atoms with Crippen molar-refractivity contribution in [1.29, 1.82) is 0 Å². The molecule has 0 heterocycles. The number of carbonyl (C=O) groups is 1. The van der Waals surface area contributed by atoms with Gasteiger partial charge in [-0.3, -0.25) is 9.36 Å². The van der Waals surface area contributed by atoms with Gasteiger partial charge in [0, 0.05) is 13.0 Å². The van der Waals surface area contributed by atoms with Crippen LogP contribution in [0.25, 0.3) is 0 Å². The highest BCUT2D eigenvalue weighted by molar-refractivity contribution is 7.45. The molecule has 0 radical (unpaired) electrons. The van der Waals surface area contributed by atoms with Crippen molar-refractivity contribution >= 4 is 13.8 Å². The number of esters is 1. The van der Waals surface area contributed by atoms with Crippen molar-refractivity contribution in [2.45, 2.75) is 187 Å². The lowest BCUT2D eigenvalue weighted by Gasteiger charge is -2.28. The Morgan fingerprint density at radius 3 is 1.63 bits per heavy atom. The van der Waals surface area contributed by atoms with Crippen LogP contribution < -0.4 is 4.89 Å². The summed E-state index contributed by atoms with van der Waals surface area (Å²) in [6, 6.07) is 0. The van der Waals surface area contributed by atoms with Gasteiger partial charge < -0.3 is 27.9 Å². The quantitative estimate of drug-likeness (QED) is 0.0203. The average molecular weight is 744 g/mol. The molecule has 0 aliphatic heterocycles. The Kier molecular flexibility index (Phi) is 35.3. The van der Waals surface area contributed by atoms with E-state index in [1.54, 1.807) is 0 Å². The molecule has 0 aliphatic carbocycles. The number of allylic oxidation sites excluding steroid dienone is 4. The lowest BCUT2D eigenvalue weighted by Crippen LogP contribution is -2.37. The molecule has 0 N–H and O–H groups in total. The summed E-state index contributed by atoms with van der Waals surface area (Å²) in [5.41, 5.74) is 0. The van der Waals surface area contributed by atoms with Crippen LogP contribution in [0.4, 0.5) is 0 Å². The van der Waals surface area contributed by atoms with Gasteiger partial charge in [-0.2, -0.15) is 0 Å². The van der Waals surface area contributed by atoms with Crippen LogP contribution in [0, 0.1) is 0 Å². The van der Waals surface area contributed by atoms with Gasteiger partial charge in [0.05, 0.1) is 34.4 Å². The standard InChI is InChI=1S/C42H82NO7P/c1-6-8-10-12-14-16-18-20-22-23-25-27-29-31-33-35-42(44)50-41(40-49-51(45,46)48-38-36-43(3,4)5)39-47-37-34-32-30-28-26-24-21-19-17-15-13-11-9-7-2/h14,16,20,22,41H,6-13,15,17-19,21,23-40H2,1-5H3/b16-14-,22-20-. The predicted octanol–water partition coefficient (Wildman–Crippen LogP) is 11.4. The molecular weight excluding hydrogens is 661 g/mol. The van der Waals surface area contributed by atoms with Crippen LogP contribution in [0.1, 0.15) is 181 Å². The van der Waals surface area contributed by atoms with Crippen LogP contribution in [-0.2, 0) is 27.9 Å². The van der Waals surface area contributed by atoms with Gasteiger partial charge in [0.15, 0.2) is 0 Å². The molecule has 0 rings (SSSR count). The van der Waals surface area contributed by atoms with Crippen LogP contribution >= 0.6 is 7.82 Å². The summed E-state index contributed by atoms with van der Waals surface area (Å²) < 4.78 is 34.5. The zero-order valence-electron chi connectivity index (χ0n) is 34.1. The summed E-state index contributed by atoms with van der Waals surface area (Å²) in [7, 11) is 1.35. The van der Waals surface area contributed by atoms with Crippen LogP contribution in [0.3, 0.4) is 0 Å². The highest BCUT2D eigenvalue weighted by Crippen LogP contribution is 2.38. The third-order valence-electron chi connectivity index (χ3n) is 9.01. The van der Waals surface area contributed by atoms with Gasteiger partial charge in [-0.05, 0) is 44.9 Å². The minimum atomic E-state index is -4.52. The Labute approximate surface area is 315 Å². The lowest BCUT2D eigenvalue weighted by atomic mass is 10.0. The highest BCUT2D eigenvalue weighted by Gasteiger charge is 2.20. The van der Waals surface area contributed by atoms with E-state index in [0.29, 0.717) is 24.1 Å². The van der Waals surface area contributed by atoms with E-state index in [-0.39, 0.29) is 25.8 Å². The van der Waals surface area contributed by atoms with E-state index in [2.05, 4.69) is 38.2 Å². The normalized spacial score (nSPS) is 14.1. The minimum Gasteiger partial charge on any atom is -0.756 e. The number of likely N-dealkylation sites (N-methyl/N-ethyl adjacent to an activating group) is 1. The van der Waals surface area contributed by atoms with Crippen molar-refractivity contribution in [3.63, 3.8) is 0 Å². The minimum absolute atomic E-state index is 0.0250. The molecule has 51 heavy (non-hydrogen) atoms. The van der Waals surface area contributed by atoms with E-state index in [1.807, 2.05) is 21.1 Å². The molecule has 2 unspecified atom stereocenters. The molecule has 0 aromatic heterocycles. The summed E-state index contributed by atoms with van der Waals surface area (Å²) >= 11 is 0. The average Bonchev–Trinajstić information content (AvgIpc) is 3.08. The maximum Gasteiger partial charge on any atom is 0.306 e. The summed E-state index contributed by atoms with van der Waals surface area (Å²) in [6.45, 7) is 5.38. The Morgan fingerprint density at radius 1 is 0.608 bits per heavy atom. The molecule has 0 saturated heterocycles. The molecule has 302 valence electrons. The lowest BCUT2D eigenvalue weighted by molar-refractivity contribution is -0.870. The summed E-state index contributed by atoms with van der Waals surface area (Å²) in [5.74, 6) is -0.346. The van der Waals surface area contributed by atoms with Gasteiger partial charge in [0.1, 0.15) is 19.3 Å². The molecule has 0 bridgehead atoms. The number of phosphoric ester groups is 1. The van der Waals surface area contributed by atoms with E-state index in [1.165, 1.54) is 103 Å². The molecule has 2 atom stereocenters. The number of ether oxygens (including phenoxy) is 2. The molecule has 0 spiro atoms. The van der Waals surface area contributed by atoms with Crippen molar-refractivity contribution in [2.75, 3.05) is 54.1 Å². The summed E-state index contributed by atoms with van der Waals surface area (Å²) in [4.78, 5) is 25.0. The third-order valence-corrected chi connectivity index (χ3v) is 9.97. The largest absolute Gasteiger partial charge is 0.756 e. The van der Waals surface area contributed by atoms with E-state index in [9.17, 15) is 14.3 Å². The summed E-state index contributed by atoms with van der Waals surface area (Å²) in [5, 5.41) is 0. The van der Waals surface area contributed by atoms with Gasteiger partial charge >= 0.3 is 5.97 Å². The third kappa shape index (κ3) is 40.0. The number of quaternary nitrogens is 1. The molecule has 0 aromatic carbocycles. The Balaban J connectivity index is 4.27. The maximum atomic E-state index is 12.6. The number of rotatable bonds is 39. The molecule has 0 aliphatic rings. The van der Waals surface area contributed by atoms with Crippen LogP contribution in [0.5, 0.6) is 0 Å². The monoisotopic (exact) mass is 744 g/mol. The molecule has 9 heteroatoms. The van der Waals surface area contributed by atoms with E-state index in [0.717, 1.165) is 57.8 Å². The second kappa shape index (κ2) is 36.0. The number of carbonyl (C=O) groups excluding carboxylic acids is 1. The molecule has 0 fully saturated rings. The number of unbranched alkanes of at least 4 members (excludes halogenated alkanes) is 21. The molecule has 0 saturated carbocycles. The Morgan fingerprint density at radius 2 is 1.08 bits per heavy atom. The first-order valence-corrected chi connectivity index (χ1v) is 22.5. The second-order valence-corrected chi connectivity index (χ2v) is 16.8. The predicted molar refractivity (Wildman–Crippen MR) is 213 cm³/mol. The fourth-order valence-electron chi connectivity index (χ4n) is 5.69. The smallest absolute Gasteiger partial charge is 0.306 e. The van der Waals surface area contributed by atoms with Crippen molar-refractivity contribution in [2.24, 2.45) is 0 Å². The number of phosphoric acid groups is 1. The topological polar surface area (TPSA) is 94.1 Å². The second-order valence-electron chi connectivity index (χ2n) is 15.4. The number of nitrogens with zero attached hydrogens (tertiary/aromatic N) is 1. The maximum absolute atomic E-state index is 12.6. The summed E-state index contributed by atoms with van der Waals surface area (Å²) in [6.07, 6.45) is 38.9. The van der Waals surface area contributed by atoms with Gasteiger partial charge in [-0.1, -0.05) is 154 Å². The highest BCUT2D eigenvalue weighted by atomic mass is 31.2. The molecule has 8 nitrogen and oxygen atoms in total. The zero-order valence-corrected chi connectivity index (χ0v) is 35.0. The van der Waals surface area contributed by atoms with E-state index < -0.39 is 13.9 Å². The van der Waals surface area contributed by atoms with Gasteiger partial charge in [0.25, 0.3) is 7.82 Å². The fourth-order valence-corrected chi connectivity index (χ4v) is 6.42. The van der Waals surface area contributed by atoms with Crippen LogP contribution in [-0.4, -0.2) is 70.7 Å².